The average Bonchev–Trinajstić information content (AvgIpc) is 2.28. The van der Waals surface area contributed by atoms with Gasteiger partial charge in [-0.25, -0.2) is 0 Å². The van der Waals surface area contributed by atoms with Crippen LogP contribution in [0.15, 0.2) is 18.2 Å². The third-order valence-electron chi connectivity index (χ3n) is 3.00. The zero-order valence-corrected chi connectivity index (χ0v) is 9.16. The maximum Gasteiger partial charge on any atom is 0.0558 e. The highest BCUT2D eigenvalue weighted by atomic mass is 16.3. The molecule has 0 amide bonds. The Morgan fingerprint density at radius 2 is 2.27 bits per heavy atom. The summed E-state index contributed by atoms with van der Waals surface area (Å²) in [5, 5.41) is 12.1. The van der Waals surface area contributed by atoms with Crippen molar-refractivity contribution in [3.8, 4) is 0 Å². The molecule has 3 heteroatoms. The van der Waals surface area contributed by atoms with E-state index in [0.29, 0.717) is 0 Å². The smallest absolute Gasteiger partial charge is 0.0558 e. The first kappa shape index (κ1) is 10.5. The second-order valence-corrected chi connectivity index (χ2v) is 3.98. The van der Waals surface area contributed by atoms with E-state index in [-0.39, 0.29) is 6.61 Å². The Bertz CT molecular complexity index is 338. The van der Waals surface area contributed by atoms with Crippen molar-refractivity contribution in [1.82, 2.24) is 4.90 Å². The Hall–Kier alpha value is -1.06. The first-order chi connectivity index (χ1) is 7.33. The molecule has 1 aliphatic rings. The van der Waals surface area contributed by atoms with E-state index in [1.807, 2.05) is 7.05 Å². The minimum Gasteiger partial charge on any atom is -0.395 e. The van der Waals surface area contributed by atoms with Crippen LogP contribution in [-0.4, -0.2) is 36.8 Å². The van der Waals surface area contributed by atoms with Crippen LogP contribution < -0.4 is 5.32 Å². The van der Waals surface area contributed by atoms with Gasteiger partial charge in [0, 0.05) is 32.4 Å². The van der Waals surface area contributed by atoms with Gasteiger partial charge in [-0.15, -0.1) is 0 Å². The predicted octanol–water partition coefficient (Wildman–Crippen LogP) is 1.08. The molecule has 0 radical (unpaired) electrons. The topological polar surface area (TPSA) is 35.5 Å². The molecular weight excluding hydrogens is 188 g/mol. The lowest BCUT2D eigenvalue weighted by molar-refractivity contribution is 0.184. The van der Waals surface area contributed by atoms with Crippen LogP contribution in [0.5, 0.6) is 0 Å². The molecule has 0 unspecified atom stereocenters. The van der Waals surface area contributed by atoms with Crippen LogP contribution >= 0.6 is 0 Å². The summed E-state index contributed by atoms with van der Waals surface area (Å²) < 4.78 is 0. The molecular formula is C12H18N2O. The first-order valence-electron chi connectivity index (χ1n) is 5.46. The molecule has 1 aromatic rings. The molecule has 0 aliphatic carbocycles. The maximum atomic E-state index is 8.91. The lowest BCUT2D eigenvalue weighted by atomic mass is 9.99. The van der Waals surface area contributed by atoms with Crippen LogP contribution in [0.4, 0.5) is 5.69 Å². The zero-order valence-electron chi connectivity index (χ0n) is 9.16. The Kier molecular flexibility index (Phi) is 3.23. The van der Waals surface area contributed by atoms with Crippen molar-refractivity contribution in [2.24, 2.45) is 0 Å². The quantitative estimate of drug-likeness (QED) is 0.777. The van der Waals surface area contributed by atoms with Crippen molar-refractivity contribution in [3.63, 3.8) is 0 Å². The van der Waals surface area contributed by atoms with Gasteiger partial charge in [0.05, 0.1) is 6.61 Å². The maximum absolute atomic E-state index is 8.91. The molecule has 82 valence electrons. The fraction of sp³-hybridized carbons (Fsp3) is 0.500. The van der Waals surface area contributed by atoms with Gasteiger partial charge in [-0.3, -0.25) is 4.90 Å². The van der Waals surface area contributed by atoms with Crippen LogP contribution in [0.2, 0.25) is 0 Å². The van der Waals surface area contributed by atoms with Crippen molar-refractivity contribution >= 4 is 5.69 Å². The van der Waals surface area contributed by atoms with Crippen LogP contribution in [0.1, 0.15) is 11.1 Å². The van der Waals surface area contributed by atoms with E-state index in [1.54, 1.807) is 0 Å². The average molecular weight is 206 g/mol. The number of aliphatic hydroxyl groups excluding tert-OH is 1. The summed E-state index contributed by atoms with van der Waals surface area (Å²) in [5.74, 6) is 0. The highest BCUT2D eigenvalue weighted by Crippen LogP contribution is 2.22. The standard InChI is InChI=1S/C12H18N2O/c1-13-12-3-2-10-4-5-14(6-7-15)9-11(10)8-12/h2-3,8,13,15H,4-7,9H2,1H3. The molecule has 2 rings (SSSR count). The van der Waals surface area contributed by atoms with Gasteiger partial charge in [0.2, 0.25) is 0 Å². The van der Waals surface area contributed by atoms with Crippen molar-refractivity contribution in [3.05, 3.63) is 29.3 Å². The molecule has 0 saturated carbocycles. The summed E-state index contributed by atoms with van der Waals surface area (Å²) in [6.07, 6.45) is 1.10. The third kappa shape index (κ3) is 2.30. The molecule has 0 spiro atoms. The molecule has 15 heavy (non-hydrogen) atoms. The monoisotopic (exact) mass is 206 g/mol. The molecule has 1 heterocycles. The number of aliphatic hydroxyl groups is 1. The fourth-order valence-corrected chi connectivity index (χ4v) is 2.10. The molecule has 3 nitrogen and oxygen atoms in total. The van der Waals surface area contributed by atoms with E-state index in [2.05, 4.69) is 28.4 Å². The second-order valence-electron chi connectivity index (χ2n) is 3.98. The fourth-order valence-electron chi connectivity index (χ4n) is 2.10. The van der Waals surface area contributed by atoms with Gasteiger partial charge in [0.25, 0.3) is 0 Å². The van der Waals surface area contributed by atoms with E-state index < -0.39 is 0 Å². The second kappa shape index (κ2) is 4.64. The van der Waals surface area contributed by atoms with Crippen molar-refractivity contribution in [2.45, 2.75) is 13.0 Å². The van der Waals surface area contributed by atoms with Crippen LogP contribution in [0, 0.1) is 0 Å². The number of benzene rings is 1. The number of anilines is 1. The summed E-state index contributed by atoms with van der Waals surface area (Å²) in [6, 6.07) is 6.54. The lowest BCUT2D eigenvalue weighted by Gasteiger charge is -2.28. The van der Waals surface area contributed by atoms with Gasteiger partial charge >= 0.3 is 0 Å². The van der Waals surface area contributed by atoms with Crippen LogP contribution in [-0.2, 0) is 13.0 Å². The Balaban J connectivity index is 2.16. The zero-order chi connectivity index (χ0) is 10.7. The first-order valence-corrected chi connectivity index (χ1v) is 5.46. The molecule has 1 aliphatic heterocycles. The van der Waals surface area contributed by atoms with Crippen molar-refractivity contribution < 1.29 is 5.11 Å². The predicted molar refractivity (Wildman–Crippen MR) is 62.1 cm³/mol. The lowest BCUT2D eigenvalue weighted by Crippen LogP contribution is -2.32. The summed E-state index contributed by atoms with van der Waals surface area (Å²) in [6.45, 7) is 3.06. The van der Waals surface area contributed by atoms with Crippen LogP contribution in [0.25, 0.3) is 0 Å². The molecule has 0 saturated heterocycles. The van der Waals surface area contributed by atoms with E-state index >= 15 is 0 Å². The number of nitrogens with one attached hydrogen (secondary N) is 1. The van der Waals surface area contributed by atoms with Gasteiger partial charge in [-0.2, -0.15) is 0 Å². The number of fused-ring (bicyclic) bond motifs is 1. The molecule has 0 aromatic heterocycles. The Morgan fingerprint density at radius 3 is 3.00 bits per heavy atom. The van der Waals surface area contributed by atoms with Gasteiger partial charge in [0.1, 0.15) is 0 Å². The van der Waals surface area contributed by atoms with Gasteiger partial charge in [-0.1, -0.05) is 6.07 Å². The molecule has 0 atom stereocenters. The highest BCUT2D eigenvalue weighted by Gasteiger charge is 2.15. The number of rotatable bonds is 3. The van der Waals surface area contributed by atoms with Gasteiger partial charge < -0.3 is 10.4 Å². The van der Waals surface area contributed by atoms with E-state index in [4.69, 9.17) is 5.11 Å². The number of β-amino-alcohol motifs (C(OH)–C–C–N with tert-alkyl or cyclic N) is 1. The van der Waals surface area contributed by atoms with Crippen molar-refractivity contribution in [1.29, 1.82) is 0 Å². The highest BCUT2D eigenvalue weighted by molar-refractivity contribution is 5.48. The minimum atomic E-state index is 0.251. The largest absolute Gasteiger partial charge is 0.395 e. The van der Waals surface area contributed by atoms with E-state index in [1.165, 1.54) is 16.8 Å². The Morgan fingerprint density at radius 1 is 1.40 bits per heavy atom. The summed E-state index contributed by atoms with van der Waals surface area (Å²) >= 11 is 0. The molecule has 0 fully saturated rings. The minimum absolute atomic E-state index is 0.251. The van der Waals surface area contributed by atoms with Gasteiger partial charge in [0.15, 0.2) is 0 Å². The van der Waals surface area contributed by atoms with Crippen LogP contribution in [0.3, 0.4) is 0 Å². The van der Waals surface area contributed by atoms with Gasteiger partial charge in [-0.05, 0) is 29.7 Å². The Labute approximate surface area is 90.7 Å². The number of hydrogen-bond donors (Lipinski definition) is 2. The molecule has 2 N–H and O–H groups in total. The summed E-state index contributed by atoms with van der Waals surface area (Å²) in [4.78, 5) is 2.29. The molecule has 1 aromatic carbocycles. The number of nitrogens with zero attached hydrogens (tertiary/aromatic N) is 1. The summed E-state index contributed by atoms with van der Waals surface area (Å²) in [7, 11) is 1.94. The SMILES string of the molecule is CNc1ccc2c(c1)CN(CCO)CC2. The normalized spacial score (nSPS) is 16.1. The number of hydrogen-bond acceptors (Lipinski definition) is 3. The van der Waals surface area contributed by atoms with E-state index in [0.717, 1.165) is 26.1 Å². The van der Waals surface area contributed by atoms with Crippen molar-refractivity contribution in [2.75, 3.05) is 32.1 Å². The third-order valence-corrected chi connectivity index (χ3v) is 3.00. The summed E-state index contributed by atoms with van der Waals surface area (Å²) in [5.41, 5.74) is 4.00. The molecule has 0 bridgehead atoms. The van der Waals surface area contributed by atoms with E-state index in [9.17, 15) is 0 Å².